The van der Waals surface area contributed by atoms with Gasteiger partial charge in [0.05, 0.1) is 17.9 Å². The third kappa shape index (κ3) is 3.08. The summed E-state index contributed by atoms with van der Waals surface area (Å²) in [6.07, 6.45) is 2.78. The Morgan fingerprint density at radius 1 is 1.31 bits per heavy atom. The van der Waals surface area contributed by atoms with E-state index in [0.29, 0.717) is 19.6 Å². The number of likely N-dealkylation sites (tertiary alicyclic amines) is 1. The van der Waals surface area contributed by atoms with Crippen molar-refractivity contribution in [3.63, 3.8) is 0 Å². The lowest BCUT2D eigenvalue weighted by Crippen LogP contribution is -2.57. The number of aromatic nitrogens is 1. The van der Waals surface area contributed by atoms with Gasteiger partial charge in [-0.25, -0.2) is 5.43 Å². The van der Waals surface area contributed by atoms with Gasteiger partial charge in [0, 0.05) is 36.7 Å². The number of rotatable bonds is 5. The van der Waals surface area contributed by atoms with Crippen molar-refractivity contribution in [2.75, 3.05) is 26.2 Å². The summed E-state index contributed by atoms with van der Waals surface area (Å²) in [5, 5.41) is 4.27. The Balaban J connectivity index is 1.38. The van der Waals surface area contributed by atoms with Crippen LogP contribution in [0.5, 0.6) is 0 Å². The third-order valence-electron chi connectivity index (χ3n) is 5.63. The highest BCUT2D eigenvalue weighted by atomic mass is 16.2. The number of H-pyrrole nitrogens is 1. The minimum Gasteiger partial charge on any atom is -0.361 e. The van der Waals surface area contributed by atoms with Gasteiger partial charge in [0.25, 0.3) is 0 Å². The van der Waals surface area contributed by atoms with Crippen LogP contribution in [0.2, 0.25) is 0 Å². The molecular weight excluding hydrogens is 330 g/mol. The molecule has 1 aromatic heterocycles. The van der Waals surface area contributed by atoms with Gasteiger partial charge in [-0.05, 0) is 24.6 Å². The van der Waals surface area contributed by atoms with E-state index in [1.165, 1.54) is 10.9 Å². The molecule has 2 aliphatic heterocycles. The van der Waals surface area contributed by atoms with Crippen LogP contribution in [0.15, 0.2) is 30.5 Å². The number of nitrogens with one attached hydrogen (secondary N) is 4. The molecule has 1 aromatic carbocycles. The monoisotopic (exact) mass is 355 g/mol. The van der Waals surface area contributed by atoms with Crippen LogP contribution in [0.25, 0.3) is 10.9 Å². The summed E-state index contributed by atoms with van der Waals surface area (Å²) >= 11 is 0. The second-order valence-electron chi connectivity index (χ2n) is 7.13. The number of carbonyl (C=O) groups is 2. The Bertz CT molecular complexity index is 817. The zero-order chi connectivity index (χ0) is 18.1. The number of hydrogen-bond acceptors (Lipinski definition) is 4. The van der Waals surface area contributed by atoms with E-state index in [2.05, 4.69) is 45.1 Å². The van der Waals surface area contributed by atoms with Crippen LogP contribution in [-0.2, 0) is 16.0 Å². The molecule has 0 spiro atoms. The standard InChI is InChI=1S/C19H25N5O2/c1-2-24-10-14(17-15(11-24)19(26)23-22-17)18(25)20-8-7-12-9-21-16-6-4-3-5-13(12)16/h3-6,9,14-15,17,21-22H,2,7-8,10-11H2,1H3,(H,20,25)(H,23,26). The van der Waals surface area contributed by atoms with Crippen LogP contribution in [0.4, 0.5) is 0 Å². The second kappa shape index (κ2) is 7.09. The smallest absolute Gasteiger partial charge is 0.240 e. The topological polar surface area (TPSA) is 89.3 Å². The van der Waals surface area contributed by atoms with Crippen molar-refractivity contribution < 1.29 is 9.59 Å². The van der Waals surface area contributed by atoms with E-state index < -0.39 is 0 Å². The fraction of sp³-hybridized carbons (Fsp3) is 0.474. The number of piperidine rings is 1. The maximum atomic E-state index is 12.8. The number of hydrazine groups is 1. The highest BCUT2D eigenvalue weighted by molar-refractivity contribution is 5.86. The van der Waals surface area contributed by atoms with Gasteiger partial charge in [0.15, 0.2) is 0 Å². The molecular formula is C19H25N5O2. The predicted molar refractivity (Wildman–Crippen MR) is 99.2 cm³/mol. The van der Waals surface area contributed by atoms with Crippen molar-refractivity contribution >= 4 is 22.7 Å². The van der Waals surface area contributed by atoms with Crippen LogP contribution in [0, 0.1) is 11.8 Å². The molecule has 3 unspecified atom stereocenters. The molecule has 2 fully saturated rings. The number of para-hydroxylation sites is 1. The minimum atomic E-state index is -0.226. The lowest BCUT2D eigenvalue weighted by molar-refractivity contribution is -0.129. The van der Waals surface area contributed by atoms with Crippen LogP contribution in [-0.4, -0.2) is 53.9 Å². The molecule has 7 heteroatoms. The summed E-state index contributed by atoms with van der Waals surface area (Å²) in [6.45, 7) is 4.88. The molecule has 3 heterocycles. The van der Waals surface area contributed by atoms with Gasteiger partial charge in [-0.15, -0.1) is 0 Å². The van der Waals surface area contributed by atoms with Gasteiger partial charge in [-0.3, -0.25) is 15.0 Å². The molecule has 0 aliphatic carbocycles. The molecule has 7 nitrogen and oxygen atoms in total. The van der Waals surface area contributed by atoms with Gasteiger partial charge >= 0.3 is 0 Å². The van der Waals surface area contributed by atoms with Gasteiger partial charge in [-0.2, -0.15) is 0 Å². The Kier molecular flexibility index (Phi) is 4.65. The molecule has 0 radical (unpaired) electrons. The minimum absolute atomic E-state index is 0.00950. The predicted octanol–water partition coefficient (Wildman–Crippen LogP) is 0.398. The lowest BCUT2D eigenvalue weighted by atomic mass is 9.84. The van der Waals surface area contributed by atoms with E-state index >= 15 is 0 Å². The average molecular weight is 355 g/mol. The molecule has 138 valence electrons. The molecule has 0 saturated carbocycles. The molecule has 2 aromatic rings. The number of carbonyl (C=O) groups excluding carboxylic acids is 2. The first-order chi connectivity index (χ1) is 12.7. The first-order valence-corrected chi connectivity index (χ1v) is 9.28. The van der Waals surface area contributed by atoms with E-state index in [1.54, 1.807) is 0 Å². The fourth-order valence-electron chi connectivity index (χ4n) is 4.13. The third-order valence-corrected chi connectivity index (χ3v) is 5.63. The zero-order valence-electron chi connectivity index (χ0n) is 14.9. The van der Waals surface area contributed by atoms with Gasteiger partial charge in [0.2, 0.25) is 11.8 Å². The van der Waals surface area contributed by atoms with Crippen molar-refractivity contribution in [3.8, 4) is 0 Å². The summed E-state index contributed by atoms with van der Waals surface area (Å²) in [7, 11) is 0. The summed E-state index contributed by atoms with van der Waals surface area (Å²) < 4.78 is 0. The maximum absolute atomic E-state index is 12.8. The van der Waals surface area contributed by atoms with Gasteiger partial charge in [0.1, 0.15) is 0 Å². The summed E-state index contributed by atoms with van der Waals surface area (Å²) in [4.78, 5) is 30.2. The number of amides is 2. The van der Waals surface area contributed by atoms with E-state index in [4.69, 9.17) is 0 Å². The molecule has 4 N–H and O–H groups in total. The SMILES string of the molecule is CCN1CC(C(=O)NCCc2c[nH]c3ccccc23)C2NNC(=O)C2C1. The molecule has 2 aliphatic rings. The summed E-state index contributed by atoms with van der Waals surface area (Å²) in [5.41, 5.74) is 8.03. The second-order valence-corrected chi connectivity index (χ2v) is 7.13. The molecule has 3 atom stereocenters. The molecule has 0 bridgehead atoms. The molecule has 26 heavy (non-hydrogen) atoms. The van der Waals surface area contributed by atoms with Gasteiger partial charge < -0.3 is 15.2 Å². The largest absolute Gasteiger partial charge is 0.361 e. The Morgan fingerprint density at radius 3 is 3.00 bits per heavy atom. The highest BCUT2D eigenvalue weighted by Crippen LogP contribution is 2.25. The van der Waals surface area contributed by atoms with E-state index in [0.717, 1.165) is 18.5 Å². The maximum Gasteiger partial charge on any atom is 0.240 e. The van der Waals surface area contributed by atoms with Crippen LogP contribution in [0.1, 0.15) is 12.5 Å². The first kappa shape index (κ1) is 17.1. The van der Waals surface area contributed by atoms with Crippen LogP contribution in [0.3, 0.4) is 0 Å². The van der Waals surface area contributed by atoms with Crippen molar-refractivity contribution in [2.24, 2.45) is 11.8 Å². The first-order valence-electron chi connectivity index (χ1n) is 9.28. The lowest BCUT2D eigenvalue weighted by Gasteiger charge is -2.37. The normalized spacial score (nSPS) is 25.9. The van der Waals surface area contributed by atoms with Crippen molar-refractivity contribution in [3.05, 3.63) is 36.0 Å². The van der Waals surface area contributed by atoms with E-state index in [-0.39, 0.29) is 29.7 Å². The molecule has 2 saturated heterocycles. The molecule has 4 rings (SSSR count). The van der Waals surface area contributed by atoms with Crippen molar-refractivity contribution in [1.82, 2.24) is 26.1 Å². The van der Waals surface area contributed by atoms with Crippen molar-refractivity contribution in [2.45, 2.75) is 19.4 Å². The summed E-state index contributed by atoms with van der Waals surface area (Å²) in [5.74, 6) is -0.379. The number of nitrogens with zero attached hydrogens (tertiary/aromatic N) is 1. The highest BCUT2D eigenvalue weighted by Gasteiger charge is 2.46. The summed E-state index contributed by atoms with van der Waals surface area (Å²) in [6, 6.07) is 8.05. The quantitative estimate of drug-likeness (QED) is 0.625. The Morgan fingerprint density at radius 2 is 2.15 bits per heavy atom. The number of hydrogen-bond donors (Lipinski definition) is 4. The van der Waals surface area contributed by atoms with Crippen LogP contribution >= 0.6 is 0 Å². The Labute approximate surface area is 152 Å². The number of benzene rings is 1. The number of aromatic amines is 1. The number of fused-ring (bicyclic) bond motifs is 2. The zero-order valence-corrected chi connectivity index (χ0v) is 14.9. The fourth-order valence-corrected chi connectivity index (χ4v) is 4.13. The average Bonchev–Trinajstić information content (AvgIpc) is 3.25. The van der Waals surface area contributed by atoms with E-state index in [1.807, 2.05) is 18.3 Å². The Hall–Kier alpha value is -2.38. The van der Waals surface area contributed by atoms with Gasteiger partial charge in [-0.1, -0.05) is 25.1 Å². The van der Waals surface area contributed by atoms with Crippen molar-refractivity contribution in [1.29, 1.82) is 0 Å². The van der Waals surface area contributed by atoms with E-state index in [9.17, 15) is 9.59 Å². The van der Waals surface area contributed by atoms with Crippen LogP contribution < -0.4 is 16.2 Å². The molecule has 2 amide bonds.